The van der Waals surface area contributed by atoms with E-state index in [2.05, 4.69) is 0 Å². The highest BCUT2D eigenvalue weighted by Crippen LogP contribution is 2.28. The molecule has 0 saturated heterocycles. The fourth-order valence-electron chi connectivity index (χ4n) is 1.31. The molecule has 0 heterocycles. The molecular weight excluding hydrogens is 221 g/mol. The first-order chi connectivity index (χ1) is 6.47. The lowest BCUT2D eigenvalue weighted by molar-refractivity contribution is 0.141. The molecule has 1 rings (SSSR count). The van der Waals surface area contributed by atoms with Gasteiger partial charge in [-0.1, -0.05) is 23.2 Å². The Balaban J connectivity index is 3.10. The topological polar surface area (TPSA) is 35.2 Å². The molecule has 4 heteroatoms. The number of ether oxygens (including phenoxy) is 1. The molecule has 0 aliphatic rings. The second kappa shape index (κ2) is 4.49. The fraction of sp³-hybridized carbons (Fsp3) is 0.400. The second-order valence-electron chi connectivity index (χ2n) is 3.47. The molecule has 0 spiro atoms. The minimum Gasteiger partial charge on any atom is -0.382 e. The molecule has 78 valence electrons. The van der Waals surface area contributed by atoms with Gasteiger partial charge in [0, 0.05) is 17.2 Å². The summed E-state index contributed by atoms with van der Waals surface area (Å²) in [6.07, 6.45) is 0. The van der Waals surface area contributed by atoms with Gasteiger partial charge in [0.2, 0.25) is 0 Å². The highest BCUT2D eigenvalue weighted by atomic mass is 35.5. The first-order valence-corrected chi connectivity index (χ1v) is 4.96. The minimum absolute atomic E-state index is 0.396. The van der Waals surface area contributed by atoms with Crippen LogP contribution in [0.25, 0.3) is 0 Å². The van der Waals surface area contributed by atoms with E-state index in [0.717, 1.165) is 5.56 Å². The van der Waals surface area contributed by atoms with Crippen LogP contribution in [0.2, 0.25) is 10.0 Å². The maximum absolute atomic E-state index is 6.05. The van der Waals surface area contributed by atoms with Gasteiger partial charge in [0.05, 0.1) is 12.1 Å². The Hall–Kier alpha value is -0.280. The Morgan fingerprint density at radius 1 is 1.43 bits per heavy atom. The van der Waals surface area contributed by atoms with E-state index >= 15 is 0 Å². The first kappa shape index (κ1) is 11.8. The van der Waals surface area contributed by atoms with Crippen molar-refractivity contribution in [3.05, 3.63) is 33.8 Å². The van der Waals surface area contributed by atoms with Crippen molar-refractivity contribution in [1.29, 1.82) is 0 Å². The van der Waals surface area contributed by atoms with Gasteiger partial charge in [-0.25, -0.2) is 0 Å². The van der Waals surface area contributed by atoms with Crippen LogP contribution in [-0.2, 0) is 10.3 Å². The van der Waals surface area contributed by atoms with Crippen LogP contribution in [0.5, 0.6) is 0 Å². The van der Waals surface area contributed by atoms with Gasteiger partial charge in [0.25, 0.3) is 0 Å². The van der Waals surface area contributed by atoms with E-state index in [1.54, 1.807) is 25.3 Å². The summed E-state index contributed by atoms with van der Waals surface area (Å²) < 4.78 is 5.03. The van der Waals surface area contributed by atoms with E-state index in [9.17, 15) is 0 Å². The summed E-state index contributed by atoms with van der Waals surface area (Å²) in [5, 5.41) is 1.23. The molecule has 0 aromatic heterocycles. The van der Waals surface area contributed by atoms with E-state index < -0.39 is 5.54 Å². The summed E-state index contributed by atoms with van der Waals surface area (Å²) in [6, 6.07) is 5.24. The molecule has 2 N–H and O–H groups in total. The maximum Gasteiger partial charge on any atom is 0.0682 e. The highest BCUT2D eigenvalue weighted by Gasteiger charge is 2.23. The van der Waals surface area contributed by atoms with E-state index in [1.165, 1.54) is 0 Å². The molecule has 2 nitrogen and oxygen atoms in total. The van der Waals surface area contributed by atoms with Gasteiger partial charge in [-0.2, -0.15) is 0 Å². The van der Waals surface area contributed by atoms with Crippen molar-refractivity contribution >= 4 is 23.2 Å². The quantitative estimate of drug-likeness (QED) is 0.872. The van der Waals surface area contributed by atoms with Crippen molar-refractivity contribution in [3.63, 3.8) is 0 Å². The standard InChI is InChI=1S/C10H13Cl2NO/c1-10(13,6-14-2)8-5-7(11)3-4-9(8)12/h3-5H,6,13H2,1-2H3. The molecule has 14 heavy (non-hydrogen) atoms. The number of methoxy groups -OCH3 is 1. The zero-order valence-corrected chi connectivity index (χ0v) is 9.69. The normalized spacial score (nSPS) is 15.2. The van der Waals surface area contributed by atoms with Crippen LogP contribution >= 0.6 is 23.2 Å². The van der Waals surface area contributed by atoms with Crippen LogP contribution in [0, 0.1) is 0 Å². The van der Waals surface area contributed by atoms with Crippen molar-refractivity contribution in [2.45, 2.75) is 12.5 Å². The Morgan fingerprint density at radius 3 is 2.64 bits per heavy atom. The molecule has 1 unspecified atom stereocenters. The second-order valence-corrected chi connectivity index (χ2v) is 4.32. The average Bonchev–Trinajstić information content (AvgIpc) is 2.09. The van der Waals surface area contributed by atoms with Gasteiger partial charge in [0.1, 0.15) is 0 Å². The van der Waals surface area contributed by atoms with Gasteiger partial charge in [-0.3, -0.25) is 0 Å². The smallest absolute Gasteiger partial charge is 0.0682 e. The third-order valence-corrected chi connectivity index (χ3v) is 2.55. The molecule has 1 aromatic carbocycles. The summed E-state index contributed by atoms with van der Waals surface area (Å²) in [7, 11) is 1.60. The molecule has 0 fully saturated rings. The van der Waals surface area contributed by atoms with Crippen LogP contribution in [0.15, 0.2) is 18.2 Å². The lowest BCUT2D eigenvalue weighted by atomic mass is 9.94. The van der Waals surface area contributed by atoms with E-state index in [-0.39, 0.29) is 0 Å². The predicted molar refractivity (Wildman–Crippen MR) is 59.9 cm³/mol. The number of hydrogen-bond donors (Lipinski definition) is 1. The van der Waals surface area contributed by atoms with Crippen LogP contribution in [0.3, 0.4) is 0 Å². The molecule has 0 saturated carbocycles. The van der Waals surface area contributed by atoms with Crippen molar-refractivity contribution < 1.29 is 4.74 Å². The molecule has 0 amide bonds. The van der Waals surface area contributed by atoms with Gasteiger partial charge in [-0.05, 0) is 30.7 Å². The first-order valence-electron chi connectivity index (χ1n) is 4.21. The Bertz CT molecular complexity index is 326. The van der Waals surface area contributed by atoms with Crippen molar-refractivity contribution in [1.82, 2.24) is 0 Å². The molecular formula is C10H13Cl2NO. The third kappa shape index (κ3) is 2.61. The Morgan fingerprint density at radius 2 is 2.07 bits per heavy atom. The number of benzene rings is 1. The molecule has 0 aliphatic carbocycles. The van der Waals surface area contributed by atoms with Crippen molar-refractivity contribution in [2.75, 3.05) is 13.7 Å². The van der Waals surface area contributed by atoms with Crippen LogP contribution < -0.4 is 5.73 Å². The van der Waals surface area contributed by atoms with Gasteiger partial charge in [-0.15, -0.1) is 0 Å². The van der Waals surface area contributed by atoms with Crippen LogP contribution in [0.1, 0.15) is 12.5 Å². The summed E-state index contributed by atoms with van der Waals surface area (Å²) in [5.41, 5.74) is 6.24. The number of rotatable bonds is 3. The summed E-state index contributed by atoms with van der Waals surface area (Å²) >= 11 is 11.9. The van der Waals surface area contributed by atoms with Gasteiger partial charge >= 0.3 is 0 Å². The monoisotopic (exact) mass is 233 g/mol. The van der Waals surface area contributed by atoms with Gasteiger partial charge < -0.3 is 10.5 Å². The summed E-state index contributed by atoms with van der Waals surface area (Å²) in [6.45, 7) is 2.25. The SMILES string of the molecule is COCC(C)(N)c1cc(Cl)ccc1Cl. The molecule has 1 atom stereocenters. The lowest BCUT2D eigenvalue weighted by Crippen LogP contribution is -2.38. The maximum atomic E-state index is 6.05. The third-order valence-electron chi connectivity index (χ3n) is 1.99. The number of halogens is 2. The predicted octanol–water partition coefficient (Wildman–Crippen LogP) is 2.81. The van der Waals surface area contributed by atoms with Crippen LogP contribution in [0.4, 0.5) is 0 Å². The summed E-state index contributed by atoms with van der Waals surface area (Å²) in [4.78, 5) is 0. The highest BCUT2D eigenvalue weighted by molar-refractivity contribution is 6.33. The number of hydrogen-bond acceptors (Lipinski definition) is 2. The Kier molecular flexibility index (Phi) is 3.78. The van der Waals surface area contributed by atoms with Crippen LogP contribution in [-0.4, -0.2) is 13.7 Å². The zero-order valence-electron chi connectivity index (χ0n) is 8.18. The van der Waals surface area contributed by atoms with Crippen molar-refractivity contribution in [2.24, 2.45) is 5.73 Å². The summed E-state index contributed by atoms with van der Waals surface area (Å²) in [5.74, 6) is 0. The van der Waals surface area contributed by atoms with E-state index in [4.69, 9.17) is 33.7 Å². The lowest BCUT2D eigenvalue weighted by Gasteiger charge is -2.25. The van der Waals surface area contributed by atoms with Gasteiger partial charge in [0.15, 0.2) is 0 Å². The molecule has 0 aliphatic heterocycles. The molecule has 1 aromatic rings. The Labute approximate surface area is 94.0 Å². The minimum atomic E-state index is -0.614. The number of nitrogens with two attached hydrogens (primary N) is 1. The fourth-order valence-corrected chi connectivity index (χ4v) is 1.82. The van der Waals surface area contributed by atoms with Crippen molar-refractivity contribution in [3.8, 4) is 0 Å². The van der Waals surface area contributed by atoms with E-state index in [1.807, 2.05) is 6.92 Å². The molecule has 0 radical (unpaired) electrons. The largest absolute Gasteiger partial charge is 0.382 e. The molecule has 0 bridgehead atoms. The average molecular weight is 234 g/mol. The van der Waals surface area contributed by atoms with E-state index in [0.29, 0.717) is 16.7 Å². The zero-order chi connectivity index (χ0) is 10.8.